The topological polar surface area (TPSA) is 30.5 Å². The Morgan fingerprint density at radius 2 is 1.93 bits per heavy atom. The molecular formula is C12H21NO2. The third-order valence-electron chi connectivity index (χ3n) is 1.91. The van der Waals surface area contributed by atoms with Gasteiger partial charge in [-0.25, -0.2) is 0 Å². The molecule has 0 aliphatic rings. The minimum atomic E-state index is 0. The van der Waals surface area contributed by atoms with Gasteiger partial charge in [0.05, 0.1) is 6.61 Å². The van der Waals surface area contributed by atoms with Crippen LogP contribution in [0.2, 0.25) is 0 Å². The highest BCUT2D eigenvalue weighted by atomic mass is 16.5. The summed E-state index contributed by atoms with van der Waals surface area (Å²) in [6.45, 7) is 7.26. The van der Waals surface area contributed by atoms with Gasteiger partial charge in [0.15, 0.2) is 0 Å². The summed E-state index contributed by atoms with van der Waals surface area (Å²) in [4.78, 5) is 0. The molecule has 0 saturated carbocycles. The van der Waals surface area contributed by atoms with E-state index in [4.69, 9.17) is 9.47 Å². The molecule has 0 aliphatic heterocycles. The number of nitrogens with one attached hydrogen (secondary N) is 1. The van der Waals surface area contributed by atoms with Crippen LogP contribution >= 0.6 is 0 Å². The smallest absolute Gasteiger partial charge is 0.123 e. The van der Waals surface area contributed by atoms with E-state index in [9.17, 15) is 0 Å². The molecular weight excluding hydrogens is 190 g/mol. The quantitative estimate of drug-likeness (QED) is 0.702. The molecule has 0 aromatic heterocycles. The summed E-state index contributed by atoms with van der Waals surface area (Å²) in [5.74, 6) is 1.72. The maximum atomic E-state index is 5.55. The van der Waals surface area contributed by atoms with Gasteiger partial charge in [0.2, 0.25) is 0 Å². The van der Waals surface area contributed by atoms with E-state index in [1.54, 1.807) is 0 Å². The molecule has 0 radical (unpaired) electrons. The highest BCUT2D eigenvalue weighted by molar-refractivity contribution is 5.32. The second-order valence-corrected chi connectivity index (χ2v) is 3.11. The predicted octanol–water partition coefficient (Wildman–Crippen LogP) is 2.32. The second-order valence-electron chi connectivity index (χ2n) is 3.11. The normalized spacial score (nSPS) is 10.0. The van der Waals surface area contributed by atoms with E-state index >= 15 is 0 Å². The average Bonchev–Trinajstić information content (AvgIpc) is 2.26. The van der Waals surface area contributed by atoms with Crippen LogP contribution in [0.15, 0.2) is 24.3 Å². The third-order valence-corrected chi connectivity index (χ3v) is 1.91. The lowest BCUT2D eigenvalue weighted by atomic mass is 10.3. The van der Waals surface area contributed by atoms with Crippen molar-refractivity contribution in [3.8, 4) is 11.5 Å². The lowest BCUT2D eigenvalue weighted by molar-refractivity contribution is 0.307. The maximum Gasteiger partial charge on any atom is 0.123 e. The van der Waals surface area contributed by atoms with Gasteiger partial charge in [-0.05, 0) is 25.6 Å². The van der Waals surface area contributed by atoms with E-state index in [-0.39, 0.29) is 1.43 Å². The minimum Gasteiger partial charge on any atom is -0.494 e. The van der Waals surface area contributed by atoms with Crippen LogP contribution < -0.4 is 14.8 Å². The van der Waals surface area contributed by atoms with Gasteiger partial charge in [0, 0.05) is 14.0 Å². The number of rotatable bonds is 7. The standard InChI is InChI=1S/C12H19NO2.H2/c1-3-13-8-9-15-12-7-5-6-11(10-12)14-4-2;/h5-7,10,13H,3-4,8-9H2,1-2H3;1H. The van der Waals surface area contributed by atoms with E-state index in [2.05, 4.69) is 12.2 Å². The Labute approximate surface area is 92.9 Å². The monoisotopic (exact) mass is 211 g/mol. The van der Waals surface area contributed by atoms with E-state index < -0.39 is 0 Å². The summed E-state index contributed by atoms with van der Waals surface area (Å²) in [6.07, 6.45) is 0. The summed E-state index contributed by atoms with van der Waals surface area (Å²) in [5, 5.41) is 3.20. The number of likely N-dealkylation sites (N-methyl/N-ethyl adjacent to an activating group) is 1. The molecule has 0 fully saturated rings. The number of hydrogen-bond acceptors (Lipinski definition) is 3. The number of benzene rings is 1. The van der Waals surface area contributed by atoms with Crippen molar-refractivity contribution < 1.29 is 10.9 Å². The lowest BCUT2D eigenvalue weighted by Crippen LogP contribution is -2.20. The first-order valence-corrected chi connectivity index (χ1v) is 5.43. The van der Waals surface area contributed by atoms with Crippen LogP contribution in [0.3, 0.4) is 0 Å². The first-order chi connectivity index (χ1) is 7.36. The van der Waals surface area contributed by atoms with Gasteiger partial charge >= 0.3 is 0 Å². The van der Waals surface area contributed by atoms with Crippen LogP contribution in [-0.4, -0.2) is 26.3 Å². The van der Waals surface area contributed by atoms with Gasteiger partial charge in [-0.15, -0.1) is 0 Å². The van der Waals surface area contributed by atoms with Crippen molar-refractivity contribution in [3.05, 3.63) is 24.3 Å². The van der Waals surface area contributed by atoms with Crippen molar-refractivity contribution >= 4 is 0 Å². The highest BCUT2D eigenvalue weighted by Crippen LogP contribution is 2.18. The Hall–Kier alpha value is -1.22. The van der Waals surface area contributed by atoms with Crippen LogP contribution in [0.5, 0.6) is 11.5 Å². The fraction of sp³-hybridized carbons (Fsp3) is 0.500. The Kier molecular flexibility index (Phi) is 5.63. The summed E-state index contributed by atoms with van der Waals surface area (Å²) >= 11 is 0. The Morgan fingerprint density at radius 1 is 1.20 bits per heavy atom. The van der Waals surface area contributed by atoms with Crippen LogP contribution in [0.25, 0.3) is 0 Å². The molecule has 0 unspecified atom stereocenters. The Balaban J connectivity index is 0.00000225. The van der Waals surface area contributed by atoms with Crippen molar-refractivity contribution in [2.24, 2.45) is 0 Å². The van der Waals surface area contributed by atoms with E-state index in [0.29, 0.717) is 13.2 Å². The third kappa shape index (κ3) is 4.70. The highest BCUT2D eigenvalue weighted by Gasteiger charge is 1.96. The fourth-order valence-corrected chi connectivity index (χ4v) is 1.24. The molecule has 1 aromatic carbocycles. The number of ether oxygens (including phenoxy) is 2. The van der Waals surface area contributed by atoms with Crippen molar-refractivity contribution in [1.82, 2.24) is 5.32 Å². The summed E-state index contributed by atoms with van der Waals surface area (Å²) in [6, 6.07) is 7.72. The van der Waals surface area contributed by atoms with Gasteiger partial charge < -0.3 is 14.8 Å². The van der Waals surface area contributed by atoms with E-state index in [1.165, 1.54) is 0 Å². The second kappa shape index (κ2) is 7.12. The van der Waals surface area contributed by atoms with Crippen molar-refractivity contribution in [2.45, 2.75) is 13.8 Å². The molecule has 0 spiro atoms. The molecule has 1 aromatic rings. The van der Waals surface area contributed by atoms with Crippen molar-refractivity contribution in [1.29, 1.82) is 0 Å². The Morgan fingerprint density at radius 3 is 2.60 bits per heavy atom. The van der Waals surface area contributed by atoms with Crippen LogP contribution in [0.1, 0.15) is 15.3 Å². The van der Waals surface area contributed by atoms with Gasteiger partial charge in [0.1, 0.15) is 18.1 Å². The molecule has 0 aliphatic carbocycles. The van der Waals surface area contributed by atoms with Crippen LogP contribution in [0, 0.1) is 0 Å². The van der Waals surface area contributed by atoms with Crippen molar-refractivity contribution in [2.75, 3.05) is 26.3 Å². The number of hydrogen-bond donors (Lipinski definition) is 1. The molecule has 1 N–H and O–H groups in total. The predicted molar refractivity (Wildman–Crippen MR) is 63.8 cm³/mol. The molecule has 15 heavy (non-hydrogen) atoms. The zero-order chi connectivity index (χ0) is 10.9. The van der Waals surface area contributed by atoms with Gasteiger partial charge in [-0.3, -0.25) is 0 Å². The molecule has 1 rings (SSSR count). The summed E-state index contributed by atoms with van der Waals surface area (Å²) in [7, 11) is 0. The lowest BCUT2D eigenvalue weighted by Gasteiger charge is -2.08. The SMILES string of the molecule is CCNCCOc1cccc(OCC)c1.[HH]. The van der Waals surface area contributed by atoms with Crippen molar-refractivity contribution in [3.63, 3.8) is 0 Å². The zero-order valence-corrected chi connectivity index (χ0v) is 9.45. The average molecular weight is 211 g/mol. The van der Waals surface area contributed by atoms with Crippen LogP contribution in [0.4, 0.5) is 0 Å². The first kappa shape index (κ1) is 11.9. The van der Waals surface area contributed by atoms with E-state index in [1.807, 2.05) is 31.2 Å². The minimum absolute atomic E-state index is 0. The fourth-order valence-electron chi connectivity index (χ4n) is 1.24. The molecule has 0 amide bonds. The largest absolute Gasteiger partial charge is 0.494 e. The van der Waals surface area contributed by atoms with Gasteiger partial charge in [-0.2, -0.15) is 0 Å². The molecule has 0 atom stereocenters. The summed E-state index contributed by atoms with van der Waals surface area (Å²) in [5.41, 5.74) is 0. The molecule has 0 heterocycles. The first-order valence-electron chi connectivity index (χ1n) is 5.43. The van der Waals surface area contributed by atoms with Gasteiger partial charge in [0.25, 0.3) is 0 Å². The maximum absolute atomic E-state index is 5.55. The Bertz CT molecular complexity index is 281. The molecule has 86 valence electrons. The van der Waals surface area contributed by atoms with E-state index in [0.717, 1.165) is 24.6 Å². The molecule has 0 bridgehead atoms. The molecule has 3 nitrogen and oxygen atoms in total. The zero-order valence-electron chi connectivity index (χ0n) is 9.45. The van der Waals surface area contributed by atoms with Gasteiger partial charge in [-0.1, -0.05) is 13.0 Å². The van der Waals surface area contributed by atoms with Crippen LogP contribution in [-0.2, 0) is 0 Å². The summed E-state index contributed by atoms with van der Waals surface area (Å²) < 4.78 is 10.9. The molecule has 3 heteroatoms. The molecule has 0 saturated heterocycles.